The van der Waals surface area contributed by atoms with Crippen molar-refractivity contribution in [2.24, 2.45) is 0 Å². The number of methoxy groups -OCH3 is 2. The Morgan fingerprint density at radius 2 is 1.84 bits per heavy atom. The quantitative estimate of drug-likeness (QED) is 0.836. The molecule has 0 aliphatic carbocycles. The van der Waals surface area contributed by atoms with E-state index in [4.69, 9.17) is 9.47 Å². The summed E-state index contributed by atoms with van der Waals surface area (Å²) < 4.78 is 11.9. The van der Waals surface area contributed by atoms with Crippen LogP contribution in [0.4, 0.5) is 0 Å². The third-order valence-corrected chi connectivity index (χ3v) is 5.06. The fraction of sp³-hybridized carbons (Fsp3) is 0.250. The maximum atomic E-state index is 10.4. The Balaban J connectivity index is 2.48. The van der Waals surface area contributed by atoms with Crippen LogP contribution in [0.1, 0.15) is 16.5 Å². The largest absolute Gasteiger partial charge is 0.493 e. The molecule has 0 spiro atoms. The summed E-state index contributed by atoms with van der Waals surface area (Å²) in [5.74, 6) is 1.18. The first kappa shape index (κ1) is 14.8. The predicted octanol–water partition coefficient (Wildman–Crippen LogP) is 3.77. The van der Waals surface area contributed by atoms with Crippen LogP contribution in [-0.2, 0) is 0 Å². The van der Waals surface area contributed by atoms with Crippen LogP contribution in [-0.4, -0.2) is 24.3 Å². The summed E-state index contributed by atoms with van der Waals surface area (Å²) >= 11 is 8.14. The lowest BCUT2D eigenvalue weighted by molar-refractivity contribution is 0.221. The molecule has 1 atom stereocenters. The molecule has 0 radical (unpaired) electrons. The Morgan fingerprint density at radius 1 is 1.21 bits per heavy atom. The lowest BCUT2D eigenvalue weighted by atomic mass is 10.1. The van der Waals surface area contributed by atoms with Crippen molar-refractivity contribution in [3.05, 3.63) is 37.2 Å². The molecule has 1 aromatic heterocycles. The molecule has 0 bridgehead atoms. The number of aromatic nitrogens is 1. The lowest BCUT2D eigenvalue weighted by Gasteiger charge is -2.15. The summed E-state index contributed by atoms with van der Waals surface area (Å²) in [6.45, 7) is 0. The van der Waals surface area contributed by atoms with E-state index in [9.17, 15) is 5.11 Å². The molecule has 1 N–H and O–H groups in total. The van der Waals surface area contributed by atoms with Crippen LogP contribution in [0.2, 0.25) is 0 Å². The number of aliphatic hydroxyl groups is 1. The van der Waals surface area contributed by atoms with Crippen LogP contribution in [0.5, 0.6) is 11.5 Å². The molecule has 7 heteroatoms. The standard InChI is InChI=1S/C12H11Br2NO3S/c1-17-8-3-6(7(13)4-9(8)18-2)10(16)11-12(14)15-5-19-11/h3-5,10,16H,1-2H3. The smallest absolute Gasteiger partial charge is 0.161 e. The van der Waals surface area contributed by atoms with Crippen molar-refractivity contribution in [2.45, 2.75) is 6.10 Å². The fourth-order valence-corrected chi connectivity index (χ4v) is 3.59. The van der Waals surface area contributed by atoms with Gasteiger partial charge in [0.1, 0.15) is 10.7 Å². The zero-order valence-corrected chi connectivity index (χ0v) is 14.2. The number of benzene rings is 1. The molecular formula is C12H11Br2NO3S. The van der Waals surface area contributed by atoms with E-state index >= 15 is 0 Å². The van der Waals surface area contributed by atoms with Gasteiger partial charge in [-0.1, -0.05) is 15.9 Å². The Labute approximate surface area is 131 Å². The number of ether oxygens (including phenoxy) is 2. The van der Waals surface area contributed by atoms with Crippen LogP contribution in [0.25, 0.3) is 0 Å². The molecule has 1 aromatic carbocycles. The zero-order valence-electron chi connectivity index (χ0n) is 10.2. The number of nitrogens with zero attached hydrogens (tertiary/aromatic N) is 1. The second kappa shape index (κ2) is 6.21. The average Bonchev–Trinajstić information content (AvgIpc) is 2.83. The van der Waals surface area contributed by atoms with E-state index in [1.807, 2.05) is 0 Å². The van der Waals surface area contributed by atoms with Crippen molar-refractivity contribution in [1.82, 2.24) is 4.98 Å². The van der Waals surface area contributed by atoms with Crippen molar-refractivity contribution in [1.29, 1.82) is 0 Å². The molecule has 102 valence electrons. The highest BCUT2D eigenvalue weighted by Crippen LogP contribution is 2.40. The molecule has 1 unspecified atom stereocenters. The molecule has 0 fully saturated rings. The normalized spacial score (nSPS) is 12.3. The molecule has 2 rings (SSSR count). The highest BCUT2D eigenvalue weighted by Gasteiger charge is 2.21. The van der Waals surface area contributed by atoms with E-state index in [1.165, 1.54) is 11.3 Å². The van der Waals surface area contributed by atoms with Crippen molar-refractivity contribution in [3.8, 4) is 11.5 Å². The van der Waals surface area contributed by atoms with Gasteiger partial charge in [-0.25, -0.2) is 4.98 Å². The van der Waals surface area contributed by atoms with Crippen molar-refractivity contribution in [3.63, 3.8) is 0 Å². The highest BCUT2D eigenvalue weighted by molar-refractivity contribution is 9.10. The number of halogens is 2. The van der Waals surface area contributed by atoms with Gasteiger partial charge >= 0.3 is 0 Å². The van der Waals surface area contributed by atoms with Crippen LogP contribution in [0, 0.1) is 0 Å². The van der Waals surface area contributed by atoms with Crippen molar-refractivity contribution in [2.75, 3.05) is 14.2 Å². The van der Waals surface area contributed by atoms with E-state index in [0.29, 0.717) is 21.7 Å². The van der Waals surface area contributed by atoms with E-state index in [2.05, 4.69) is 36.8 Å². The summed E-state index contributed by atoms with van der Waals surface area (Å²) in [5, 5.41) is 10.4. The van der Waals surface area contributed by atoms with Crippen molar-refractivity contribution < 1.29 is 14.6 Å². The first-order chi connectivity index (χ1) is 9.08. The van der Waals surface area contributed by atoms with Gasteiger partial charge in [0.25, 0.3) is 0 Å². The number of hydrogen-bond donors (Lipinski definition) is 1. The Bertz CT molecular complexity index is 588. The molecule has 0 saturated carbocycles. The van der Waals surface area contributed by atoms with Gasteiger partial charge in [0.05, 0.1) is 24.6 Å². The Hall–Kier alpha value is -0.630. The van der Waals surface area contributed by atoms with Crippen molar-refractivity contribution >= 4 is 43.2 Å². The van der Waals surface area contributed by atoms with Gasteiger partial charge in [0, 0.05) is 10.0 Å². The molecule has 1 heterocycles. The van der Waals surface area contributed by atoms with Gasteiger partial charge in [-0.2, -0.15) is 0 Å². The lowest BCUT2D eigenvalue weighted by Crippen LogP contribution is -2.01. The predicted molar refractivity (Wildman–Crippen MR) is 81.1 cm³/mol. The number of aliphatic hydroxyl groups excluding tert-OH is 1. The van der Waals surface area contributed by atoms with Gasteiger partial charge in [0.15, 0.2) is 11.5 Å². The first-order valence-corrected chi connectivity index (χ1v) is 7.73. The molecule has 19 heavy (non-hydrogen) atoms. The minimum atomic E-state index is -0.781. The minimum Gasteiger partial charge on any atom is -0.493 e. The number of hydrogen-bond acceptors (Lipinski definition) is 5. The minimum absolute atomic E-state index is 0.570. The van der Waals surface area contributed by atoms with Crippen LogP contribution in [0.3, 0.4) is 0 Å². The summed E-state index contributed by atoms with van der Waals surface area (Å²) in [4.78, 5) is 4.82. The van der Waals surface area contributed by atoms with E-state index in [0.717, 1.165) is 9.35 Å². The molecule has 2 aromatic rings. The molecule has 0 saturated heterocycles. The summed E-state index contributed by atoms with van der Waals surface area (Å²) in [7, 11) is 3.13. The number of rotatable bonds is 4. The van der Waals surface area contributed by atoms with Crippen LogP contribution < -0.4 is 9.47 Å². The van der Waals surface area contributed by atoms with Crippen LogP contribution >= 0.6 is 43.2 Å². The Kier molecular flexibility index (Phi) is 4.83. The second-order valence-electron chi connectivity index (χ2n) is 3.64. The monoisotopic (exact) mass is 407 g/mol. The SMILES string of the molecule is COc1cc(Br)c(C(O)c2scnc2Br)cc1OC. The average molecular weight is 409 g/mol. The molecule has 0 aliphatic heterocycles. The van der Waals surface area contributed by atoms with Gasteiger partial charge < -0.3 is 14.6 Å². The maximum Gasteiger partial charge on any atom is 0.161 e. The van der Waals surface area contributed by atoms with Gasteiger partial charge in [-0.3, -0.25) is 0 Å². The Morgan fingerprint density at radius 3 is 2.37 bits per heavy atom. The summed E-state index contributed by atoms with van der Waals surface area (Å²) in [5.41, 5.74) is 2.37. The van der Waals surface area contributed by atoms with Crippen LogP contribution in [0.15, 0.2) is 26.7 Å². The molecule has 4 nitrogen and oxygen atoms in total. The fourth-order valence-electron chi connectivity index (χ4n) is 1.64. The van der Waals surface area contributed by atoms with E-state index in [1.54, 1.807) is 31.9 Å². The highest BCUT2D eigenvalue weighted by atomic mass is 79.9. The molecule has 0 aliphatic rings. The van der Waals surface area contributed by atoms with E-state index in [-0.39, 0.29) is 0 Å². The van der Waals surface area contributed by atoms with E-state index < -0.39 is 6.10 Å². The van der Waals surface area contributed by atoms with Gasteiger partial charge in [-0.15, -0.1) is 11.3 Å². The van der Waals surface area contributed by atoms with Gasteiger partial charge in [0.2, 0.25) is 0 Å². The number of thiazole rings is 1. The zero-order chi connectivity index (χ0) is 14.0. The maximum absolute atomic E-state index is 10.4. The summed E-state index contributed by atoms with van der Waals surface area (Å²) in [6, 6.07) is 3.52. The second-order valence-corrected chi connectivity index (χ2v) is 6.13. The third-order valence-electron chi connectivity index (χ3n) is 2.59. The topological polar surface area (TPSA) is 51.6 Å². The summed E-state index contributed by atoms with van der Waals surface area (Å²) in [6.07, 6.45) is -0.781. The van der Waals surface area contributed by atoms with Gasteiger partial charge in [-0.05, 0) is 28.1 Å². The molecule has 0 amide bonds. The third kappa shape index (κ3) is 2.94. The molecular weight excluding hydrogens is 398 g/mol. The first-order valence-electron chi connectivity index (χ1n) is 5.26.